The summed E-state index contributed by atoms with van der Waals surface area (Å²) in [6.07, 6.45) is 2.13. The Balaban J connectivity index is 3.27. The monoisotopic (exact) mass is 184 g/mol. The van der Waals surface area contributed by atoms with Gasteiger partial charge in [-0.15, -0.1) is 0 Å². The average Bonchev–Trinajstić information content (AvgIpc) is 2.03. The van der Waals surface area contributed by atoms with Crippen molar-refractivity contribution < 1.29 is 4.79 Å². The van der Waals surface area contributed by atoms with Crippen LogP contribution in [0.1, 0.15) is 23.0 Å². The fourth-order valence-corrected chi connectivity index (χ4v) is 1.30. The first-order valence-corrected chi connectivity index (χ1v) is 3.97. The predicted molar refractivity (Wildman–Crippen MR) is 47.1 cm³/mol. The maximum Gasteiger partial charge on any atom is 0.267 e. The SMILES string of the molecule is CCc1c(Cl)ccnc1C(N)=O. The molecule has 1 heterocycles. The Hall–Kier alpha value is -1.09. The number of carbonyl (C=O) groups is 1. The third-order valence-electron chi connectivity index (χ3n) is 1.59. The van der Waals surface area contributed by atoms with Crippen molar-refractivity contribution in [2.75, 3.05) is 0 Å². The van der Waals surface area contributed by atoms with Crippen molar-refractivity contribution >= 4 is 17.5 Å². The maximum atomic E-state index is 10.8. The highest BCUT2D eigenvalue weighted by Gasteiger charge is 2.10. The summed E-state index contributed by atoms with van der Waals surface area (Å²) in [5.41, 5.74) is 6.08. The lowest BCUT2D eigenvalue weighted by molar-refractivity contribution is 0.0994. The van der Waals surface area contributed by atoms with E-state index >= 15 is 0 Å². The first kappa shape index (κ1) is 9.00. The summed E-state index contributed by atoms with van der Waals surface area (Å²) in [5.74, 6) is -0.533. The molecule has 0 bridgehead atoms. The Bertz CT molecular complexity index is 312. The van der Waals surface area contributed by atoms with Crippen LogP contribution in [-0.2, 0) is 6.42 Å². The van der Waals surface area contributed by atoms with Crippen LogP contribution in [0.2, 0.25) is 5.02 Å². The second-order valence-corrected chi connectivity index (χ2v) is 2.74. The van der Waals surface area contributed by atoms with Crippen LogP contribution < -0.4 is 5.73 Å². The first-order valence-electron chi connectivity index (χ1n) is 3.60. The molecule has 1 aromatic heterocycles. The minimum Gasteiger partial charge on any atom is -0.364 e. The molecule has 0 saturated carbocycles. The van der Waals surface area contributed by atoms with Gasteiger partial charge in [0, 0.05) is 16.8 Å². The van der Waals surface area contributed by atoms with Crippen molar-refractivity contribution in [3.8, 4) is 0 Å². The van der Waals surface area contributed by atoms with Gasteiger partial charge in [0.2, 0.25) is 0 Å². The number of nitrogens with zero attached hydrogens (tertiary/aromatic N) is 1. The van der Waals surface area contributed by atoms with Crippen LogP contribution in [0.15, 0.2) is 12.3 Å². The molecule has 0 saturated heterocycles. The van der Waals surface area contributed by atoms with Crippen molar-refractivity contribution in [1.82, 2.24) is 4.98 Å². The normalized spacial score (nSPS) is 9.83. The van der Waals surface area contributed by atoms with E-state index in [1.54, 1.807) is 6.07 Å². The van der Waals surface area contributed by atoms with E-state index in [2.05, 4.69) is 4.98 Å². The fraction of sp³-hybridized carbons (Fsp3) is 0.250. The fourth-order valence-electron chi connectivity index (χ4n) is 1.02. The van der Waals surface area contributed by atoms with E-state index in [4.69, 9.17) is 17.3 Å². The smallest absolute Gasteiger partial charge is 0.267 e. The lowest BCUT2D eigenvalue weighted by atomic mass is 10.1. The Labute approximate surface area is 75.6 Å². The van der Waals surface area contributed by atoms with Crippen LogP contribution in [0, 0.1) is 0 Å². The zero-order valence-corrected chi connectivity index (χ0v) is 7.43. The Morgan fingerprint density at radius 2 is 2.42 bits per heavy atom. The van der Waals surface area contributed by atoms with Gasteiger partial charge in [0.1, 0.15) is 5.69 Å². The molecule has 64 valence electrons. The molecule has 2 N–H and O–H groups in total. The van der Waals surface area contributed by atoms with Crippen LogP contribution >= 0.6 is 11.6 Å². The zero-order chi connectivity index (χ0) is 9.14. The van der Waals surface area contributed by atoms with E-state index in [1.165, 1.54) is 6.20 Å². The van der Waals surface area contributed by atoms with Gasteiger partial charge in [0.15, 0.2) is 0 Å². The molecular weight excluding hydrogens is 176 g/mol. The molecule has 1 amide bonds. The van der Waals surface area contributed by atoms with Crippen LogP contribution in [0.3, 0.4) is 0 Å². The van der Waals surface area contributed by atoms with Gasteiger partial charge in [0.05, 0.1) is 0 Å². The highest BCUT2D eigenvalue weighted by atomic mass is 35.5. The molecule has 0 aliphatic carbocycles. The average molecular weight is 185 g/mol. The highest BCUT2D eigenvalue weighted by Crippen LogP contribution is 2.17. The molecule has 0 spiro atoms. The highest BCUT2D eigenvalue weighted by molar-refractivity contribution is 6.31. The van der Waals surface area contributed by atoms with Gasteiger partial charge >= 0.3 is 0 Å². The number of pyridine rings is 1. The summed E-state index contributed by atoms with van der Waals surface area (Å²) >= 11 is 5.83. The second kappa shape index (κ2) is 3.54. The van der Waals surface area contributed by atoms with Crippen molar-refractivity contribution in [3.05, 3.63) is 28.5 Å². The van der Waals surface area contributed by atoms with E-state index in [9.17, 15) is 4.79 Å². The van der Waals surface area contributed by atoms with Gasteiger partial charge in [-0.05, 0) is 12.5 Å². The summed E-state index contributed by atoms with van der Waals surface area (Å²) in [6.45, 7) is 1.90. The first-order chi connectivity index (χ1) is 5.66. The minimum atomic E-state index is -0.533. The quantitative estimate of drug-likeness (QED) is 0.756. The lowest BCUT2D eigenvalue weighted by Crippen LogP contribution is -2.15. The second-order valence-electron chi connectivity index (χ2n) is 2.34. The Kier molecular flexibility index (Phi) is 2.65. The number of hydrogen-bond acceptors (Lipinski definition) is 2. The Morgan fingerprint density at radius 1 is 1.75 bits per heavy atom. The van der Waals surface area contributed by atoms with Gasteiger partial charge in [0.25, 0.3) is 5.91 Å². The number of hydrogen-bond donors (Lipinski definition) is 1. The van der Waals surface area contributed by atoms with E-state index < -0.39 is 5.91 Å². The zero-order valence-electron chi connectivity index (χ0n) is 6.67. The molecule has 1 rings (SSSR count). The van der Waals surface area contributed by atoms with Crippen molar-refractivity contribution in [3.63, 3.8) is 0 Å². The summed E-state index contributed by atoms with van der Waals surface area (Å²) in [4.78, 5) is 14.7. The maximum absolute atomic E-state index is 10.8. The molecule has 0 atom stereocenters. The van der Waals surface area contributed by atoms with Gasteiger partial charge in [-0.2, -0.15) is 0 Å². The van der Waals surface area contributed by atoms with Crippen molar-refractivity contribution in [2.24, 2.45) is 5.73 Å². The number of primary amides is 1. The van der Waals surface area contributed by atoms with Crippen LogP contribution in [-0.4, -0.2) is 10.9 Å². The van der Waals surface area contributed by atoms with Gasteiger partial charge in [-0.3, -0.25) is 9.78 Å². The minimum absolute atomic E-state index is 0.269. The van der Waals surface area contributed by atoms with Crippen LogP contribution in [0.4, 0.5) is 0 Å². The van der Waals surface area contributed by atoms with Gasteiger partial charge < -0.3 is 5.73 Å². The summed E-state index contributed by atoms with van der Waals surface area (Å²) in [7, 11) is 0. The molecule has 0 aliphatic rings. The molecule has 0 radical (unpaired) electrons. The molecule has 4 heteroatoms. The number of carbonyl (C=O) groups excluding carboxylic acids is 1. The standard InChI is InChI=1S/C8H9ClN2O/c1-2-5-6(9)3-4-11-7(5)8(10)12/h3-4H,2H2,1H3,(H2,10,12). The molecule has 12 heavy (non-hydrogen) atoms. The topological polar surface area (TPSA) is 56.0 Å². The van der Waals surface area contributed by atoms with Crippen molar-refractivity contribution in [1.29, 1.82) is 0 Å². The van der Waals surface area contributed by atoms with Gasteiger partial charge in [-0.25, -0.2) is 0 Å². The van der Waals surface area contributed by atoms with Crippen molar-refractivity contribution in [2.45, 2.75) is 13.3 Å². The third kappa shape index (κ3) is 1.56. The molecule has 0 unspecified atom stereocenters. The number of rotatable bonds is 2. The van der Waals surface area contributed by atoms with E-state index in [-0.39, 0.29) is 5.69 Å². The molecule has 0 fully saturated rings. The van der Waals surface area contributed by atoms with Crippen LogP contribution in [0.25, 0.3) is 0 Å². The Morgan fingerprint density at radius 3 is 2.83 bits per heavy atom. The van der Waals surface area contributed by atoms with E-state index in [0.29, 0.717) is 17.0 Å². The third-order valence-corrected chi connectivity index (χ3v) is 1.94. The summed E-state index contributed by atoms with van der Waals surface area (Å²) < 4.78 is 0. The molecule has 1 aromatic rings. The number of halogens is 1. The largest absolute Gasteiger partial charge is 0.364 e. The van der Waals surface area contributed by atoms with E-state index in [1.807, 2.05) is 6.92 Å². The number of amides is 1. The number of nitrogens with two attached hydrogens (primary N) is 1. The predicted octanol–water partition coefficient (Wildman–Crippen LogP) is 1.40. The van der Waals surface area contributed by atoms with Crippen LogP contribution in [0.5, 0.6) is 0 Å². The lowest BCUT2D eigenvalue weighted by Gasteiger charge is -2.03. The number of aromatic nitrogens is 1. The van der Waals surface area contributed by atoms with E-state index in [0.717, 1.165) is 0 Å². The summed E-state index contributed by atoms with van der Waals surface area (Å²) in [5, 5.41) is 0.543. The summed E-state index contributed by atoms with van der Waals surface area (Å²) in [6, 6.07) is 1.65. The molecular formula is C8H9ClN2O. The van der Waals surface area contributed by atoms with Gasteiger partial charge in [-0.1, -0.05) is 18.5 Å². The molecule has 0 aromatic carbocycles. The molecule has 0 aliphatic heterocycles. The molecule has 3 nitrogen and oxygen atoms in total.